The lowest BCUT2D eigenvalue weighted by Crippen LogP contribution is -2.47. The predicted octanol–water partition coefficient (Wildman–Crippen LogP) is 2.85. The van der Waals surface area contributed by atoms with E-state index in [2.05, 4.69) is 43.8 Å². The molecule has 2 aromatic heterocycles. The molecule has 0 aromatic carbocycles. The van der Waals surface area contributed by atoms with Gasteiger partial charge in [0.05, 0.1) is 24.6 Å². The summed E-state index contributed by atoms with van der Waals surface area (Å²) < 4.78 is 5.55. The van der Waals surface area contributed by atoms with Crippen LogP contribution in [0.5, 0.6) is 0 Å². The largest absolute Gasteiger partial charge is 0.377 e. The van der Waals surface area contributed by atoms with Gasteiger partial charge in [0.15, 0.2) is 0 Å². The fourth-order valence-corrected chi connectivity index (χ4v) is 3.82. The topological polar surface area (TPSA) is 38.2 Å². The number of alkyl halides is 1. The standard InChI is InChI=1S/C13H16BrN3OS/c1-2-10-5-11-12(15-8-16-13(11)19-10)17-3-4-18-7-9(17)6-14/h5,8-9H,2-4,6-7H2,1H3. The Balaban J connectivity index is 2.05. The number of hydrogen-bond donors (Lipinski definition) is 0. The van der Waals surface area contributed by atoms with E-state index in [-0.39, 0.29) is 0 Å². The lowest BCUT2D eigenvalue weighted by atomic mass is 10.2. The van der Waals surface area contributed by atoms with Crippen molar-refractivity contribution in [2.24, 2.45) is 0 Å². The predicted molar refractivity (Wildman–Crippen MR) is 82.5 cm³/mol. The first kappa shape index (κ1) is 13.3. The van der Waals surface area contributed by atoms with E-state index in [0.29, 0.717) is 6.04 Å². The van der Waals surface area contributed by atoms with Crippen molar-refractivity contribution in [2.75, 3.05) is 30.0 Å². The number of hydrogen-bond acceptors (Lipinski definition) is 5. The van der Waals surface area contributed by atoms with Crippen LogP contribution < -0.4 is 4.90 Å². The summed E-state index contributed by atoms with van der Waals surface area (Å²) in [5.74, 6) is 1.05. The van der Waals surface area contributed by atoms with Crippen LogP contribution in [0.1, 0.15) is 11.8 Å². The normalized spacial score (nSPS) is 20.1. The Morgan fingerprint density at radius 3 is 3.21 bits per heavy atom. The minimum absolute atomic E-state index is 0.344. The van der Waals surface area contributed by atoms with Crippen molar-refractivity contribution in [2.45, 2.75) is 19.4 Å². The molecule has 0 N–H and O–H groups in total. The second kappa shape index (κ2) is 5.73. The molecule has 1 fully saturated rings. The molecule has 2 aromatic rings. The highest BCUT2D eigenvalue weighted by atomic mass is 79.9. The number of nitrogens with zero attached hydrogens (tertiary/aromatic N) is 3. The third-order valence-corrected chi connectivity index (χ3v) is 5.32. The SMILES string of the molecule is CCc1cc2c(N3CCOCC3CBr)ncnc2s1. The molecule has 1 aliphatic heterocycles. The van der Waals surface area contributed by atoms with E-state index in [4.69, 9.17) is 4.74 Å². The van der Waals surface area contributed by atoms with Gasteiger partial charge in [0.2, 0.25) is 0 Å². The second-order valence-corrected chi connectivity index (χ2v) is 6.32. The number of aryl methyl sites for hydroxylation is 1. The number of aromatic nitrogens is 2. The van der Waals surface area contributed by atoms with Gasteiger partial charge >= 0.3 is 0 Å². The molecule has 6 heteroatoms. The molecular weight excluding hydrogens is 326 g/mol. The number of anilines is 1. The van der Waals surface area contributed by atoms with Crippen molar-refractivity contribution in [1.29, 1.82) is 0 Å². The molecule has 19 heavy (non-hydrogen) atoms. The molecule has 0 bridgehead atoms. The van der Waals surface area contributed by atoms with Gasteiger partial charge < -0.3 is 9.64 Å². The van der Waals surface area contributed by atoms with Gasteiger partial charge in [-0.25, -0.2) is 9.97 Å². The molecular formula is C13H16BrN3OS. The summed E-state index contributed by atoms with van der Waals surface area (Å²) in [6.45, 7) is 4.58. The molecule has 1 unspecified atom stereocenters. The summed E-state index contributed by atoms with van der Waals surface area (Å²) in [7, 11) is 0. The zero-order valence-corrected chi connectivity index (χ0v) is 13.2. The van der Waals surface area contributed by atoms with Crippen molar-refractivity contribution in [3.8, 4) is 0 Å². The van der Waals surface area contributed by atoms with E-state index in [1.165, 1.54) is 10.3 Å². The van der Waals surface area contributed by atoms with Gasteiger partial charge in [-0.15, -0.1) is 11.3 Å². The zero-order valence-electron chi connectivity index (χ0n) is 10.8. The number of ether oxygens (including phenoxy) is 1. The summed E-state index contributed by atoms with van der Waals surface area (Å²) in [6.07, 6.45) is 2.72. The van der Waals surface area contributed by atoms with Gasteiger partial charge in [0.1, 0.15) is 17.0 Å². The third kappa shape index (κ3) is 2.49. The second-order valence-electron chi connectivity index (χ2n) is 4.56. The molecule has 0 spiro atoms. The fraction of sp³-hybridized carbons (Fsp3) is 0.538. The average molecular weight is 342 g/mol. The summed E-state index contributed by atoms with van der Waals surface area (Å²) in [6, 6.07) is 2.58. The van der Waals surface area contributed by atoms with Crippen molar-refractivity contribution in [1.82, 2.24) is 9.97 Å². The first-order chi connectivity index (χ1) is 9.33. The van der Waals surface area contributed by atoms with Crippen LogP contribution in [0.15, 0.2) is 12.4 Å². The van der Waals surface area contributed by atoms with E-state index in [1.54, 1.807) is 17.7 Å². The molecule has 102 valence electrons. The van der Waals surface area contributed by atoms with Crippen molar-refractivity contribution in [3.05, 3.63) is 17.3 Å². The highest BCUT2D eigenvalue weighted by Gasteiger charge is 2.25. The molecule has 4 nitrogen and oxygen atoms in total. The van der Waals surface area contributed by atoms with Crippen LogP contribution in [-0.4, -0.2) is 41.1 Å². The Hall–Kier alpha value is -0.720. The maximum absolute atomic E-state index is 5.55. The number of fused-ring (bicyclic) bond motifs is 1. The lowest BCUT2D eigenvalue weighted by molar-refractivity contribution is 0.100. The maximum Gasteiger partial charge on any atom is 0.141 e. The summed E-state index contributed by atoms with van der Waals surface area (Å²) >= 11 is 5.33. The molecule has 1 saturated heterocycles. The smallest absolute Gasteiger partial charge is 0.141 e. The molecule has 1 aliphatic rings. The molecule has 0 amide bonds. The lowest BCUT2D eigenvalue weighted by Gasteiger charge is -2.35. The van der Waals surface area contributed by atoms with Gasteiger partial charge in [-0.2, -0.15) is 0 Å². The van der Waals surface area contributed by atoms with E-state index in [1.807, 2.05) is 0 Å². The first-order valence-electron chi connectivity index (χ1n) is 6.47. The maximum atomic E-state index is 5.55. The Labute approximate surface area is 124 Å². The van der Waals surface area contributed by atoms with Crippen LogP contribution in [0.25, 0.3) is 10.2 Å². The third-order valence-electron chi connectivity index (χ3n) is 3.39. The van der Waals surface area contributed by atoms with E-state index in [9.17, 15) is 0 Å². The van der Waals surface area contributed by atoms with Gasteiger partial charge in [-0.3, -0.25) is 0 Å². The van der Waals surface area contributed by atoms with Gasteiger partial charge in [0, 0.05) is 16.8 Å². The van der Waals surface area contributed by atoms with Crippen LogP contribution in [0.3, 0.4) is 0 Å². The van der Waals surface area contributed by atoms with E-state index >= 15 is 0 Å². The van der Waals surface area contributed by atoms with Crippen molar-refractivity contribution < 1.29 is 4.74 Å². The van der Waals surface area contributed by atoms with Crippen LogP contribution in [-0.2, 0) is 11.2 Å². The van der Waals surface area contributed by atoms with E-state index in [0.717, 1.165) is 42.2 Å². The van der Waals surface area contributed by atoms with Gasteiger partial charge in [-0.1, -0.05) is 22.9 Å². The van der Waals surface area contributed by atoms with E-state index < -0.39 is 0 Å². The zero-order chi connectivity index (χ0) is 13.2. The van der Waals surface area contributed by atoms with Gasteiger partial charge in [-0.05, 0) is 12.5 Å². The monoisotopic (exact) mass is 341 g/mol. The number of morpholine rings is 1. The fourth-order valence-electron chi connectivity index (χ4n) is 2.36. The molecule has 0 radical (unpaired) electrons. The Kier molecular flexibility index (Phi) is 4.00. The average Bonchev–Trinajstić information content (AvgIpc) is 2.90. The summed E-state index contributed by atoms with van der Waals surface area (Å²) in [5.41, 5.74) is 0. The van der Waals surface area contributed by atoms with Crippen LogP contribution in [0.4, 0.5) is 5.82 Å². The first-order valence-corrected chi connectivity index (χ1v) is 8.41. The van der Waals surface area contributed by atoms with Crippen LogP contribution in [0.2, 0.25) is 0 Å². The molecule has 3 heterocycles. The summed E-state index contributed by atoms with van der Waals surface area (Å²) in [5, 5.41) is 2.07. The molecule has 3 rings (SSSR count). The minimum atomic E-state index is 0.344. The highest BCUT2D eigenvalue weighted by Crippen LogP contribution is 2.32. The number of rotatable bonds is 3. The van der Waals surface area contributed by atoms with Crippen LogP contribution >= 0.6 is 27.3 Å². The quantitative estimate of drug-likeness (QED) is 0.804. The van der Waals surface area contributed by atoms with Crippen molar-refractivity contribution >= 4 is 43.3 Å². The Morgan fingerprint density at radius 1 is 1.53 bits per heavy atom. The highest BCUT2D eigenvalue weighted by molar-refractivity contribution is 9.09. The molecule has 0 aliphatic carbocycles. The minimum Gasteiger partial charge on any atom is -0.377 e. The Bertz CT molecular complexity index is 574. The summed E-state index contributed by atoms with van der Waals surface area (Å²) in [4.78, 5) is 13.7. The number of halogens is 1. The van der Waals surface area contributed by atoms with Gasteiger partial charge in [0.25, 0.3) is 0 Å². The van der Waals surface area contributed by atoms with Crippen molar-refractivity contribution in [3.63, 3.8) is 0 Å². The van der Waals surface area contributed by atoms with Crippen LogP contribution in [0, 0.1) is 0 Å². The Morgan fingerprint density at radius 2 is 2.42 bits per heavy atom. The molecule has 1 atom stereocenters. The number of thiophene rings is 1. The molecule has 0 saturated carbocycles.